The Hall–Kier alpha value is -2.55. The van der Waals surface area contributed by atoms with Crippen LogP contribution in [0.3, 0.4) is 0 Å². The summed E-state index contributed by atoms with van der Waals surface area (Å²) in [5, 5.41) is 9.10. The Bertz CT molecular complexity index is 635. The van der Waals surface area contributed by atoms with Crippen molar-refractivity contribution in [2.45, 2.75) is 26.4 Å². The molecule has 6 nitrogen and oxygen atoms in total. The van der Waals surface area contributed by atoms with Gasteiger partial charge in [0.1, 0.15) is 5.60 Å². The van der Waals surface area contributed by atoms with E-state index in [1.54, 1.807) is 34.1 Å². The van der Waals surface area contributed by atoms with Gasteiger partial charge in [-0.2, -0.15) is 5.26 Å². The van der Waals surface area contributed by atoms with Crippen LogP contribution in [-0.4, -0.2) is 53.6 Å². The Balaban J connectivity index is 1.98. The Kier molecular flexibility index (Phi) is 4.89. The zero-order valence-corrected chi connectivity index (χ0v) is 13.7. The zero-order valence-electron chi connectivity index (χ0n) is 13.7. The van der Waals surface area contributed by atoms with Gasteiger partial charge in [-0.1, -0.05) is 12.1 Å². The van der Waals surface area contributed by atoms with Crippen LogP contribution >= 0.6 is 0 Å². The third-order valence-electron chi connectivity index (χ3n) is 3.50. The Morgan fingerprint density at radius 1 is 1.09 bits per heavy atom. The molecule has 122 valence electrons. The fourth-order valence-corrected chi connectivity index (χ4v) is 2.36. The number of benzene rings is 1. The van der Waals surface area contributed by atoms with Gasteiger partial charge in [-0.25, -0.2) is 4.79 Å². The average Bonchev–Trinajstić information content (AvgIpc) is 2.52. The van der Waals surface area contributed by atoms with Crippen LogP contribution in [0.15, 0.2) is 24.3 Å². The van der Waals surface area contributed by atoms with Crippen molar-refractivity contribution in [1.29, 1.82) is 5.26 Å². The minimum Gasteiger partial charge on any atom is -0.444 e. The van der Waals surface area contributed by atoms with Gasteiger partial charge in [0.25, 0.3) is 5.91 Å². The largest absolute Gasteiger partial charge is 0.444 e. The molecule has 0 bridgehead atoms. The zero-order chi connectivity index (χ0) is 17.0. The van der Waals surface area contributed by atoms with Crippen molar-refractivity contribution in [2.75, 3.05) is 26.2 Å². The van der Waals surface area contributed by atoms with Gasteiger partial charge in [0.2, 0.25) is 0 Å². The number of carbonyl (C=O) groups excluding carboxylic acids is 2. The van der Waals surface area contributed by atoms with Crippen LogP contribution in [0.25, 0.3) is 0 Å². The first-order valence-corrected chi connectivity index (χ1v) is 7.58. The number of piperazine rings is 1. The molecule has 1 aromatic carbocycles. The summed E-state index contributed by atoms with van der Waals surface area (Å²) in [6.07, 6.45) is -0.359. The number of hydrogen-bond acceptors (Lipinski definition) is 4. The number of ether oxygens (including phenoxy) is 1. The molecule has 1 aromatic rings. The first-order chi connectivity index (χ1) is 10.8. The summed E-state index contributed by atoms with van der Waals surface area (Å²) in [4.78, 5) is 27.8. The number of hydrogen-bond donors (Lipinski definition) is 0. The first kappa shape index (κ1) is 16.8. The van der Waals surface area contributed by atoms with Crippen LogP contribution in [0, 0.1) is 11.3 Å². The Labute approximate surface area is 136 Å². The Morgan fingerprint density at radius 2 is 1.65 bits per heavy atom. The lowest BCUT2D eigenvalue weighted by molar-refractivity contribution is 0.0141. The lowest BCUT2D eigenvalue weighted by Gasteiger charge is -2.35. The van der Waals surface area contributed by atoms with Crippen LogP contribution in [0.4, 0.5) is 4.79 Å². The molecule has 1 saturated heterocycles. The first-order valence-electron chi connectivity index (χ1n) is 7.58. The maximum Gasteiger partial charge on any atom is 0.410 e. The van der Waals surface area contributed by atoms with E-state index in [-0.39, 0.29) is 12.0 Å². The van der Waals surface area contributed by atoms with Crippen LogP contribution in [0.1, 0.15) is 36.7 Å². The summed E-state index contributed by atoms with van der Waals surface area (Å²) in [6.45, 7) is 7.18. The Morgan fingerprint density at radius 3 is 2.22 bits per heavy atom. The highest BCUT2D eigenvalue weighted by molar-refractivity contribution is 5.96. The molecular formula is C17H21N3O3. The quantitative estimate of drug-likeness (QED) is 0.796. The average molecular weight is 315 g/mol. The third-order valence-corrected chi connectivity index (χ3v) is 3.50. The fourth-order valence-electron chi connectivity index (χ4n) is 2.36. The van der Waals surface area contributed by atoms with E-state index in [0.29, 0.717) is 37.3 Å². The van der Waals surface area contributed by atoms with E-state index < -0.39 is 5.60 Å². The molecule has 0 saturated carbocycles. The van der Waals surface area contributed by atoms with Gasteiger partial charge >= 0.3 is 6.09 Å². The van der Waals surface area contributed by atoms with Crippen molar-refractivity contribution in [2.24, 2.45) is 0 Å². The SMILES string of the molecule is CC(C)(C)OC(=O)N1CCN(C(=O)c2ccccc2C#N)CC1. The topological polar surface area (TPSA) is 73.6 Å². The van der Waals surface area contributed by atoms with E-state index in [1.165, 1.54) is 0 Å². The van der Waals surface area contributed by atoms with E-state index in [4.69, 9.17) is 10.00 Å². The van der Waals surface area contributed by atoms with Gasteiger partial charge in [-0.3, -0.25) is 4.79 Å². The highest BCUT2D eigenvalue weighted by Gasteiger charge is 2.28. The lowest BCUT2D eigenvalue weighted by atomic mass is 10.1. The summed E-state index contributed by atoms with van der Waals surface area (Å²) < 4.78 is 5.33. The van der Waals surface area contributed by atoms with Crippen LogP contribution < -0.4 is 0 Å². The minimum absolute atomic E-state index is 0.175. The second-order valence-electron chi connectivity index (χ2n) is 6.42. The molecule has 2 amide bonds. The molecule has 1 fully saturated rings. The minimum atomic E-state index is -0.532. The highest BCUT2D eigenvalue weighted by atomic mass is 16.6. The van der Waals surface area contributed by atoms with Crippen molar-refractivity contribution in [3.63, 3.8) is 0 Å². The molecule has 1 aliphatic rings. The summed E-state index contributed by atoms with van der Waals surface area (Å²) in [5.41, 5.74) is 0.239. The molecule has 23 heavy (non-hydrogen) atoms. The van der Waals surface area contributed by atoms with Crippen molar-refractivity contribution >= 4 is 12.0 Å². The van der Waals surface area contributed by atoms with Crippen LogP contribution in [0.2, 0.25) is 0 Å². The summed E-state index contributed by atoms with van der Waals surface area (Å²) in [5.74, 6) is -0.175. The summed E-state index contributed by atoms with van der Waals surface area (Å²) in [7, 11) is 0. The van der Waals surface area contributed by atoms with Gasteiger partial charge in [0, 0.05) is 26.2 Å². The van der Waals surface area contributed by atoms with Gasteiger partial charge in [0.05, 0.1) is 17.2 Å². The standard InChI is InChI=1S/C17H21N3O3/c1-17(2,3)23-16(22)20-10-8-19(9-11-20)15(21)14-7-5-4-6-13(14)12-18/h4-7H,8-11H2,1-3H3. The second kappa shape index (κ2) is 6.69. The summed E-state index contributed by atoms with van der Waals surface area (Å²) >= 11 is 0. The number of amides is 2. The van der Waals surface area contributed by atoms with E-state index >= 15 is 0 Å². The fraction of sp³-hybridized carbons (Fsp3) is 0.471. The van der Waals surface area contributed by atoms with Gasteiger partial charge in [-0.05, 0) is 32.9 Å². The predicted molar refractivity (Wildman–Crippen MR) is 84.9 cm³/mol. The lowest BCUT2D eigenvalue weighted by Crippen LogP contribution is -2.51. The molecule has 1 heterocycles. The molecule has 0 radical (unpaired) electrons. The highest BCUT2D eigenvalue weighted by Crippen LogP contribution is 2.15. The van der Waals surface area contributed by atoms with E-state index in [2.05, 4.69) is 0 Å². The second-order valence-corrected chi connectivity index (χ2v) is 6.42. The summed E-state index contributed by atoms with van der Waals surface area (Å²) in [6, 6.07) is 8.79. The van der Waals surface area contributed by atoms with Crippen LogP contribution in [-0.2, 0) is 4.74 Å². The number of rotatable bonds is 1. The molecule has 0 N–H and O–H groups in total. The van der Waals surface area contributed by atoms with Gasteiger partial charge in [0.15, 0.2) is 0 Å². The molecule has 0 aliphatic carbocycles. The van der Waals surface area contributed by atoms with Crippen LogP contribution in [0.5, 0.6) is 0 Å². The van der Waals surface area contributed by atoms with E-state index in [0.717, 1.165) is 0 Å². The molecule has 0 unspecified atom stereocenters. The van der Waals surface area contributed by atoms with Crippen molar-refractivity contribution in [3.8, 4) is 6.07 Å². The molecule has 6 heteroatoms. The van der Waals surface area contributed by atoms with Gasteiger partial charge < -0.3 is 14.5 Å². The number of carbonyl (C=O) groups is 2. The predicted octanol–water partition coefficient (Wildman–Crippen LogP) is 2.25. The molecule has 1 aliphatic heterocycles. The van der Waals surface area contributed by atoms with E-state index in [9.17, 15) is 9.59 Å². The molecule has 0 aromatic heterocycles. The van der Waals surface area contributed by atoms with Gasteiger partial charge in [-0.15, -0.1) is 0 Å². The molecule has 2 rings (SSSR count). The molecule has 0 spiro atoms. The number of nitriles is 1. The third kappa shape index (κ3) is 4.22. The van der Waals surface area contributed by atoms with Crippen molar-refractivity contribution < 1.29 is 14.3 Å². The van der Waals surface area contributed by atoms with Crippen molar-refractivity contribution in [3.05, 3.63) is 35.4 Å². The maximum absolute atomic E-state index is 12.5. The normalized spacial score (nSPS) is 15.0. The molecule has 0 atom stereocenters. The monoisotopic (exact) mass is 315 g/mol. The van der Waals surface area contributed by atoms with E-state index in [1.807, 2.05) is 26.8 Å². The van der Waals surface area contributed by atoms with Crippen molar-refractivity contribution in [1.82, 2.24) is 9.80 Å². The number of nitrogens with zero attached hydrogens (tertiary/aromatic N) is 3. The molecular weight excluding hydrogens is 294 g/mol. The maximum atomic E-state index is 12.5. The smallest absolute Gasteiger partial charge is 0.410 e.